The second-order valence-electron chi connectivity index (χ2n) is 6.11. The molecule has 1 aliphatic heterocycles. The highest BCUT2D eigenvalue weighted by molar-refractivity contribution is 9.10. The first-order chi connectivity index (χ1) is 13.5. The summed E-state index contributed by atoms with van der Waals surface area (Å²) in [7, 11) is 0. The van der Waals surface area contributed by atoms with Crippen LogP contribution in [0.1, 0.15) is 22.8 Å². The first-order valence-electron chi connectivity index (χ1n) is 8.46. The van der Waals surface area contributed by atoms with Crippen molar-refractivity contribution in [3.63, 3.8) is 0 Å². The quantitative estimate of drug-likeness (QED) is 0.453. The van der Waals surface area contributed by atoms with Crippen molar-refractivity contribution in [1.29, 1.82) is 0 Å². The van der Waals surface area contributed by atoms with Gasteiger partial charge in [0.2, 0.25) is 11.8 Å². The van der Waals surface area contributed by atoms with Crippen molar-refractivity contribution >= 4 is 39.8 Å². The van der Waals surface area contributed by atoms with Crippen molar-refractivity contribution in [2.24, 2.45) is 4.99 Å². The second-order valence-corrected chi connectivity index (χ2v) is 7.02. The fourth-order valence-electron chi connectivity index (χ4n) is 2.75. The molecule has 138 valence electrons. The predicted molar refractivity (Wildman–Crippen MR) is 109 cm³/mol. The van der Waals surface area contributed by atoms with Crippen LogP contribution in [0.25, 0.3) is 17.3 Å². The lowest BCUT2D eigenvalue weighted by molar-refractivity contribution is -0.129. The molecule has 0 unspecified atom stereocenters. The minimum absolute atomic E-state index is 0.151. The predicted octanol–water partition coefficient (Wildman–Crippen LogP) is 4.32. The third-order valence-electron chi connectivity index (χ3n) is 4.12. The van der Waals surface area contributed by atoms with Gasteiger partial charge in [-0.1, -0.05) is 46.3 Å². The van der Waals surface area contributed by atoms with Crippen LogP contribution in [0.15, 0.2) is 76.0 Å². The number of carbonyl (C=O) groups excluding carboxylic acids is 2. The van der Waals surface area contributed by atoms with E-state index in [1.807, 2.05) is 54.6 Å². The zero-order valence-corrected chi connectivity index (χ0v) is 16.4. The normalized spacial score (nSPS) is 14.9. The van der Waals surface area contributed by atoms with E-state index in [9.17, 15) is 9.59 Å². The van der Waals surface area contributed by atoms with E-state index in [0.717, 1.165) is 10.0 Å². The Bertz CT molecular complexity index is 1130. The molecule has 6 nitrogen and oxygen atoms in total. The number of rotatable bonds is 3. The van der Waals surface area contributed by atoms with E-state index in [0.29, 0.717) is 16.8 Å². The Hall–Kier alpha value is -3.32. The maximum Gasteiger partial charge on any atom is 0.363 e. The van der Waals surface area contributed by atoms with Gasteiger partial charge in [0.25, 0.3) is 0 Å². The molecule has 0 saturated heterocycles. The number of aliphatic imine (C=N–C) groups is 1. The maximum absolute atomic E-state index is 12.3. The molecule has 0 amide bonds. The van der Waals surface area contributed by atoms with E-state index in [4.69, 9.17) is 4.74 Å². The first-order valence-corrected chi connectivity index (χ1v) is 9.25. The van der Waals surface area contributed by atoms with Crippen LogP contribution in [0.3, 0.4) is 0 Å². The number of cyclic esters (lactones) is 1. The monoisotopic (exact) mass is 435 g/mol. The second kappa shape index (κ2) is 7.36. The number of benzene rings is 2. The van der Waals surface area contributed by atoms with E-state index >= 15 is 0 Å². The smallest absolute Gasteiger partial charge is 0.363 e. The molecule has 0 saturated carbocycles. The van der Waals surface area contributed by atoms with Crippen molar-refractivity contribution in [2.75, 3.05) is 0 Å². The van der Waals surface area contributed by atoms with Gasteiger partial charge in [-0.15, -0.1) is 0 Å². The third-order valence-corrected chi connectivity index (χ3v) is 4.64. The molecule has 1 aliphatic rings. The van der Waals surface area contributed by atoms with Crippen molar-refractivity contribution in [3.8, 4) is 11.3 Å². The van der Waals surface area contributed by atoms with Crippen LogP contribution in [0, 0.1) is 0 Å². The summed E-state index contributed by atoms with van der Waals surface area (Å²) in [5.74, 6) is -0.536. The summed E-state index contributed by atoms with van der Waals surface area (Å²) < 4.78 is 7.47. The van der Waals surface area contributed by atoms with Crippen LogP contribution in [-0.2, 0) is 9.53 Å². The van der Waals surface area contributed by atoms with Crippen LogP contribution < -0.4 is 0 Å². The van der Waals surface area contributed by atoms with Gasteiger partial charge in [0, 0.05) is 34.3 Å². The van der Waals surface area contributed by atoms with Crippen molar-refractivity contribution in [2.45, 2.75) is 6.92 Å². The summed E-state index contributed by atoms with van der Waals surface area (Å²) in [6, 6.07) is 16.7. The lowest BCUT2D eigenvalue weighted by Crippen LogP contribution is -2.05. The fraction of sp³-hybridized carbons (Fsp3) is 0.0476. The largest absolute Gasteiger partial charge is 0.402 e. The highest BCUT2D eigenvalue weighted by Crippen LogP contribution is 2.26. The van der Waals surface area contributed by atoms with E-state index in [1.165, 1.54) is 11.6 Å². The fourth-order valence-corrected chi connectivity index (χ4v) is 3.01. The highest BCUT2D eigenvalue weighted by Gasteiger charge is 2.25. The maximum atomic E-state index is 12.3. The molecule has 0 fully saturated rings. The average molecular weight is 436 g/mol. The number of hydrogen-bond acceptors (Lipinski definition) is 5. The van der Waals surface area contributed by atoms with Crippen molar-refractivity contribution < 1.29 is 14.3 Å². The van der Waals surface area contributed by atoms with Crippen LogP contribution >= 0.6 is 15.9 Å². The molecule has 0 aliphatic carbocycles. The van der Waals surface area contributed by atoms with Gasteiger partial charge in [0.1, 0.15) is 5.69 Å². The SMILES string of the molecule is CC(=O)n1cc(C=C2N=C(c3ccc(Br)cc3)OC2=O)c(-c2ccccc2)n1. The molecular weight excluding hydrogens is 422 g/mol. The Kier molecular flexibility index (Phi) is 4.75. The number of aromatic nitrogens is 2. The van der Waals surface area contributed by atoms with E-state index in [-0.39, 0.29) is 17.5 Å². The lowest BCUT2D eigenvalue weighted by atomic mass is 10.1. The molecule has 28 heavy (non-hydrogen) atoms. The minimum atomic E-state index is -0.549. The van der Waals surface area contributed by atoms with Gasteiger partial charge in [-0.3, -0.25) is 4.79 Å². The van der Waals surface area contributed by atoms with Gasteiger partial charge in [-0.05, 0) is 30.3 Å². The number of ether oxygens (including phenoxy) is 1. The Morgan fingerprint density at radius 1 is 1.07 bits per heavy atom. The summed E-state index contributed by atoms with van der Waals surface area (Å²) in [5.41, 5.74) is 2.87. The Balaban J connectivity index is 1.77. The van der Waals surface area contributed by atoms with Gasteiger partial charge < -0.3 is 4.74 Å². The first kappa shape index (κ1) is 18.1. The summed E-state index contributed by atoms with van der Waals surface area (Å²) in [4.78, 5) is 28.4. The molecular formula is C21H14BrN3O3. The molecule has 0 N–H and O–H groups in total. The number of esters is 1. The molecule has 0 spiro atoms. The number of hydrogen-bond donors (Lipinski definition) is 0. The third kappa shape index (κ3) is 3.57. The molecule has 1 aromatic heterocycles. The molecule has 4 rings (SSSR count). The molecule has 2 heterocycles. The molecule has 7 heteroatoms. The van der Waals surface area contributed by atoms with Gasteiger partial charge >= 0.3 is 5.97 Å². The van der Waals surface area contributed by atoms with Crippen molar-refractivity contribution in [3.05, 3.63) is 82.1 Å². The Labute approximate surface area is 169 Å². The van der Waals surface area contributed by atoms with E-state index < -0.39 is 5.97 Å². The zero-order chi connectivity index (χ0) is 19.7. The van der Waals surface area contributed by atoms with Crippen LogP contribution in [-0.4, -0.2) is 27.6 Å². The van der Waals surface area contributed by atoms with Crippen molar-refractivity contribution in [1.82, 2.24) is 9.78 Å². The number of carbonyl (C=O) groups is 2. The molecule has 3 aromatic rings. The number of nitrogens with zero attached hydrogens (tertiary/aromatic N) is 3. The van der Waals surface area contributed by atoms with Gasteiger partial charge in [-0.2, -0.15) is 5.10 Å². The summed E-state index contributed by atoms with van der Waals surface area (Å²) in [5, 5.41) is 4.35. The number of halogens is 1. The minimum Gasteiger partial charge on any atom is -0.402 e. The average Bonchev–Trinajstić information content (AvgIpc) is 3.28. The zero-order valence-electron chi connectivity index (χ0n) is 14.8. The van der Waals surface area contributed by atoms with Crippen LogP contribution in [0.5, 0.6) is 0 Å². The Morgan fingerprint density at radius 3 is 2.46 bits per heavy atom. The van der Waals surface area contributed by atoms with Crippen LogP contribution in [0.2, 0.25) is 0 Å². The summed E-state index contributed by atoms with van der Waals surface area (Å²) in [6.45, 7) is 1.42. The van der Waals surface area contributed by atoms with Crippen LogP contribution in [0.4, 0.5) is 0 Å². The van der Waals surface area contributed by atoms with E-state index in [1.54, 1.807) is 12.3 Å². The molecule has 0 radical (unpaired) electrons. The summed E-state index contributed by atoms with van der Waals surface area (Å²) >= 11 is 3.37. The standard InChI is InChI=1S/C21H14BrN3O3/c1-13(26)25-12-16(19(24-25)14-5-3-2-4-6-14)11-18-21(27)28-20(23-18)15-7-9-17(22)10-8-15/h2-12H,1H3. The Morgan fingerprint density at radius 2 is 1.79 bits per heavy atom. The van der Waals surface area contributed by atoms with Gasteiger partial charge in [0.15, 0.2) is 5.70 Å². The highest BCUT2D eigenvalue weighted by atomic mass is 79.9. The van der Waals surface area contributed by atoms with Gasteiger partial charge in [-0.25, -0.2) is 14.5 Å². The molecule has 2 aromatic carbocycles. The topological polar surface area (TPSA) is 73.6 Å². The van der Waals surface area contributed by atoms with Gasteiger partial charge in [0.05, 0.1) is 0 Å². The lowest BCUT2D eigenvalue weighted by Gasteiger charge is -1.98. The molecule has 0 atom stereocenters. The van der Waals surface area contributed by atoms with E-state index in [2.05, 4.69) is 26.0 Å². The molecule has 0 bridgehead atoms. The summed E-state index contributed by atoms with van der Waals surface area (Å²) in [6.07, 6.45) is 3.17.